The van der Waals surface area contributed by atoms with Crippen LogP contribution < -0.4 is 20.1 Å². The van der Waals surface area contributed by atoms with Crippen molar-refractivity contribution in [2.75, 3.05) is 43.1 Å². The number of methoxy groups -OCH3 is 1. The Morgan fingerprint density at radius 1 is 1.11 bits per heavy atom. The number of thiocarbonyl (C=S) groups is 1. The summed E-state index contributed by atoms with van der Waals surface area (Å²) in [5.74, 6) is 1.28. The summed E-state index contributed by atoms with van der Waals surface area (Å²) in [6, 6.07) is 11.8. The number of nitrogens with zero attached hydrogens (tertiary/aromatic N) is 5. The molecule has 1 aromatic carbocycles. The van der Waals surface area contributed by atoms with Crippen LogP contribution in [0.25, 0.3) is 11.7 Å². The van der Waals surface area contributed by atoms with Crippen LogP contribution >= 0.6 is 24.0 Å². The number of hydrogen-bond acceptors (Lipinski definition) is 8. The van der Waals surface area contributed by atoms with Crippen LogP contribution in [-0.4, -0.2) is 63.8 Å². The first kappa shape index (κ1) is 26.2. The molecule has 5 rings (SSSR count). The predicted molar refractivity (Wildman–Crippen MR) is 158 cm³/mol. The number of hydrogen-bond donors (Lipinski definition) is 0. The second kappa shape index (κ2) is 10.8. The molecular formula is C28H31N5O3S2. The normalized spacial score (nSPS) is 18.1. The maximum Gasteiger partial charge on any atom is 0.267 e. The Bertz CT molecular complexity index is 1480. The Hall–Kier alpha value is -3.37. The Balaban J connectivity index is 1.52. The number of benzene rings is 1. The monoisotopic (exact) mass is 549 g/mol. The smallest absolute Gasteiger partial charge is 0.267 e. The van der Waals surface area contributed by atoms with Gasteiger partial charge in [-0.15, -0.1) is 0 Å². The van der Waals surface area contributed by atoms with Crippen LogP contribution in [0.4, 0.5) is 11.5 Å². The lowest BCUT2D eigenvalue weighted by atomic mass is 10.1. The highest BCUT2D eigenvalue weighted by atomic mass is 32.2. The SMILES string of the molecule is CCC(C)N1C(=O)/C(=C\c2c(N3CCN(c4ccc(OC)cc4)CC3)nc3c(C)cccn3c2=O)SC1=S. The average Bonchev–Trinajstić information content (AvgIpc) is 3.22. The zero-order chi connectivity index (χ0) is 27.0. The standard InChI is InChI=1S/C28H31N5O3S2/c1-5-19(3)33-27(35)23(38-28(33)37)17-22-25(29-24-18(2)7-6-12-32(24)26(22)34)31-15-13-30(14-16-31)20-8-10-21(36-4)11-9-20/h6-12,17,19H,5,13-16H2,1-4H3/b23-17+. The number of piperazine rings is 1. The molecule has 4 heterocycles. The molecule has 0 saturated carbocycles. The third kappa shape index (κ3) is 4.78. The van der Waals surface area contributed by atoms with E-state index in [0.29, 0.717) is 39.3 Å². The fourth-order valence-corrected chi connectivity index (χ4v) is 6.25. The molecule has 2 fully saturated rings. The van der Waals surface area contributed by atoms with E-state index in [4.69, 9.17) is 21.9 Å². The molecule has 38 heavy (non-hydrogen) atoms. The minimum atomic E-state index is -0.194. The number of anilines is 2. The van der Waals surface area contributed by atoms with E-state index in [1.807, 2.05) is 45.0 Å². The summed E-state index contributed by atoms with van der Waals surface area (Å²) < 4.78 is 7.37. The quantitative estimate of drug-likeness (QED) is 0.332. The molecule has 0 radical (unpaired) electrons. The highest BCUT2D eigenvalue weighted by Crippen LogP contribution is 2.35. The molecule has 3 aromatic rings. The van der Waals surface area contributed by atoms with Crippen molar-refractivity contribution >= 4 is 57.4 Å². The van der Waals surface area contributed by atoms with Gasteiger partial charge in [-0.1, -0.05) is 37.0 Å². The van der Waals surface area contributed by atoms with E-state index in [1.54, 1.807) is 28.7 Å². The fraction of sp³-hybridized carbons (Fsp3) is 0.357. The van der Waals surface area contributed by atoms with Gasteiger partial charge in [-0.3, -0.25) is 18.9 Å². The largest absolute Gasteiger partial charge is 0.497 e. The van der Waals surface area contributed by atoms with Crippen LogP contribution in [0.1, 0.15) is 31.4 Å². The summed E-state index contributed by atoms with van der Waals surface area (Å²) >= 11 is 6.77. The summed E-state index contributed by atoms with van der Waals surface area (Å²) in [6.07, 6.45) is 4.21. The molecule has 2 aliphatic heterocycles. The van der Waals surface area contributed by atoms with E-state index in [-0.39, 0.29) is 17.5 Å². The summed E-state index contributed by atoms with van der Waals surface area (Å²) in [6.45, 7) is 8.89. The van der Waals surface area contributed by atoms with Crippen LogP contribution in [-0.2, 0) is 4.79 Å². The number of thioether (sulfide) groups is 1. The molecule has 0 aliphatic carbocycles. The van der Waals surface area contributed by atoms with E-state index in [1.165, 1.54) is 11.8 Å². The number of carbonyl (C=O) groups excluding carboxylic acids is 1. The van der Waals surface area contributed by atoms with E-state index in [2.05, 4.69) is 21.9 Å². The molecule has 0 N–H and O–H groups in total. The number of aryl methyl sites for hydroxylation is 1. The molecule has 0 bridgehead atoms. The van der Waals surface area contributed by atoms with Crippen LogP contribution in [0.3, 0.4) is 0 Å². The molecule has 198 valence electrons. The van der Waals surface area contributed by atoms with Gasteiger partial charge in [0.15, 0.2) is 0 Å². The molecule has 10 heteroatoms. The Kier molecular flexibility index (Phi) is 7.45. The summed E-state index contributed by atoms with van der Waals surface area (Å²) in [5.41, 5.74) is 2.88. The minimum absolute atomic E-state index is 0.00243. The Labute approximate surface area is 231 Å². The molecule has 0 spiro atoms. The fourth-order valence-electron chi connectivity index (χ4n) is 4.81. The highest BCUT2D eigenvalue weighted by Gasteiger charge is 2.35. The van der Waals surface area contributed by atoms with Crippen molar-refractivity contribution in [2.45, 2.75) is 33.2 Å². The summed E-state index contributed by atoms with van der Waals surface area (Å²) in [5, 5.41) is 0. The Morgan fingerprint density at radius 2 is 1.79 bits per heavy atom. The van der Waals surface area contributed by atoms with E-state index < -0.39 is 0 Å². The van der Waals surface area contributed by atoms with E-state index in [9.17, 15) is 9.59 Å². The van der Waals surface area contributed by atoms with Gasteiger partial charge in [0.25, 0.3) is 11.5 Å². The summed E-state index contributed by atoms with van der Waals surface area (Å²) in [7, 11) is 1.66. The predicted octanol–water partition coefficient (Wildman–Crippen LogP) is 4.34. The lowest BCUT2D eigenvalue weighted by molar-refractivity contribution is -0.123. The zero-order valence-electron chi connectivity index (χ0n) is 22.0. The topological polar surface area (TPSA) is 70.4 Å². The van der Waals surface area contributed by atoms with Crippen molar-refractivity contribution in [3.05, 3.63) is 69.0 Å². The molecular weight excluding hydrogens is 518 g/mol. The first-order valence-corrected chi connectivity index (χ1v) is 14.0. The van der Waals surface area contributed by atoms with Gasteiger partial charge in [-0.25, -0.2) is 4.98 Å². The van der Waals surface area contributed by atoms with Gasteiger partial charge in [-0.05, 0) is 62.2 Å². The van der Waals surface area contributed by atoms with Gasteiger partial charge in [-0.2, -0.15) is 0 Å². The average molecular weight is 550 g/mol. The van der Waals surface area contributed by atoms with Gasteiger partial charge in [0.2, 0.25) is 0 Å². The van der Waals surface area contributed by atoms with Crippen LogP contribution in [0.2, 0.25) is 0 Å². The first-order valence-electron chi connectivity index (χ1n) is 12.7. The van der Waals surface area contributed by atoms with Crippen molar-refractivity contribution in [3.8, 4) is 5.75 Å². The second-order valence-electron chi connectivity index (χ2n) is 9.52. The maximum absolute atomic E-state index is 13.8. The van der Waals surface area contributed by atoms with E-state index in [0.717, 1.165) is 36.5 Å². The number of fused-ring (bicyclic) bond motifs is 1. The van der Waals surface area contributed by atoms with Gasteiger partial charge in [0, 0.05) is 44.1 Å². The molecule has 1 atom stereocenters. The molecule has 1 amide bonds. The molecule has 2 saturated heterocycles. The zero-order valence-corrected chi connectivity index (χ0v) is 23.6. The van der Waals surface area contributed by atoms with E-state index >= 15 is 0 Å². The summed E-state index contributed by atoms with van der Waals surface area (Å²) in [4.78, 5) is 38.6. The number of aromatic nitrogens is 2. The van der Waals surface area contributed by atoms with Gasteiger partial charge >= 0.3 is 0 Å². The maximum atomic E-state index is 13.8. The van der Waals surface area contributed by atoms with Crippen LogP contribution in [0, 0.1) is 6.92 Å². The van der Waals surface area contributed by atoms with Gasteiger partial charge < -0.3 is 14.5 Å². The lowest BCUT2D eigenvalue weighted by Gasteiger charge is -2.37. The van der Waals surface area contributed by atoms with Crippen molar-refractivity contribution < 1.29 is 9.53 Å². The van der Waals surface area contributed by atoms with Gasteiger partial charge in [0.05, 0.1) is 17.6 Å². The second-order valence-corrected chi connectivity index (χ2v) is 11.2. The number of rotatable bonds is 6. The minimum Gasteiger partial charge on any atom is -0.497 e. The van der Waals surface area contributed by atoms with Gasteiger partial charge in [0.1, 0.15) is 21.5 Å². The number of amides is 1. The van der Waals surface area contributed by atoms with Crippen molar-refractivity contribution in [1.82, 2.24) is 14.3 Å². The number of pyridine rings is 1. The number of carbonyl (C=O) groups is 1. The third-order valence-corrected chi connectivity index (χ3v) is 8.54. The molecule has 1 unspecified atom stereocenters. The molecule has 8 nitrogen and oxygen atoms in total. The Morgan fingerprint density at radius 3 is 2.45 bits per heavy atom. The molecule has 2 aromatic heterocycles. The number of ether oxygens (including phenoxy) is 1. The van der Waals surface area contributed by atoms with Crippen LogP contribution in [0.15, 0.2) is 52.3 Å². The third-order valence-electron chi connectivity index (χ3n) is 7.21. The van der Waals surface area contributed by atoms with Crippen LogP contribution in [0.5, 0.6) is 5.75 Å². The van der Waals surface area contributed by atoms with Crippen molar-refractivity contribution in [3.63, 3.8) is 0 Å². The van der Waals surface area contributed by atoms with Crippen molar-refractivity contribution in [1.29, 1.82) is 0 Å². The highest BCUT2D eigenvalue weighted by molar-refractivity contribution is 8.26. The molecule has 2 aliphatic rings. The lowest BCUT2D eigenvalue weighted by Crippen LogP contribution is -2.47. The first-order chi connectivity index (χ1) is 18.3. The van der Waals surface area contributed by atoms with Crippen molar-refractivity contribution in [2.24, 2.45) is 0 Å².